The first kappa shape index (κ1) is 19.2. The highest BCUT2D eigenvalue weighted by Crippen LogP contribution is 2.54. The monoisotopic (exact) mass is 491 g/mol. The molecular weight excluding hydrogens is 475 g/mol. The van der Waals surface area contributed by atoms with Gasteiger partial charge in [-0.05, 0) is 52.9 Å². The van der Waals surface area contributed by atoms with Crippen molar-refractivity contribution >= 4 is 73.8 Å². The molecule has 0 aliphatic heterocycles. The lowest BCUT2D eigenvalue weighted by atomic mass is 9.95. The lowest BCUT2D eigenvalue weighted by molar-refractivity contribution is 1.33. The van der Waals surface area contributed by atoms with Crippen LogP contribution in [0.1, 0.15) is 0 Å². The number of fused-ring (bicyclic) bond motifs is 1. The summed E-state index contributed by atoms with van der Waals surface area (Å²) in [5.74, 6) is 0. The molecular formula is C33H17NS2. The maximum atomic E-state index is 5.17. The average molecular weight is 492 g/mol. The molecule has 0 fully saturated rings. The Kier molecular flexibility index (Phi) is 3.62. The fourth-order valence-corrected chi connectivity index (χ4v) is 8.45. The minimum absolute atomic E-state index is 1.01. The molecule has 1 aliphatic rings. The van der Waals surface area contributed by atoms with Gasteiger partial charge in [0.05, 0.1) is 11.4 Å². The number of nitrogens with zero attached hydrogens (tertiary/aromatic N) is 1. The van der Waals surface area contributed by atoms with E-state index >= 15 is 0 Å². The van der Waals surface area contributed by atoms with Crippen LogP contribution in [0.2, 0.25) is 0 Å². The number of pyridine rings is 1. The Morgan fingerprint density at radius 1 is 0.417 bits per heavy atom. The molecule has 0 N–H and O–H groups in total. The third kappa shape index (κ3) is 2.37. The second kappa shape index (κ2) is 6.79. The van der Waals surface area contributed by atoms with Gasteiger partial charge in [0.2, 0.25) is 0 Å². The number of thiophene rings is 2. The third-order valence-corrected chi connectivity index (χ3v) is 9.83. The normalized spacial score (nSPS) is 12.4. The summed E-state index contributed by atoms with van der Waals surface area (Å²) in [6, 6.07) is 37.5. The smallest absolute Gasteiger partial charge is 0.0716 e. The van der Waals surface area contributed by atoms with E-state index in [9.17, 15) is 0 Å². The SMILES string of the molecule is c1ccc(-c2cccc(-c3cc4sc5cccc6c5c4c4c3ccc3sc5cccc-6c5c34)n2)cc1. The van der Waals surface area contributed by atoms with Crippen molar-refractivity contribution in [2.45, 2.75) is 0 Å². The van der Waals surface area contributed by atoms with Crippen molar-refractivity contribution in [1.29, 1.82) is 0 Å². The van der Waals surface area contributed by atoms with Crippen LogP contribution >= 0.6 is 22.7 Å². The molecule has 8 aromatic rings. The van der Waals surface area contributed by atoms with Crippen molar-refractivity contribution < 1.29 is 0 Å². The topological polar surface area (TPSA) is 12.9 Å². The van der Waals surface area contributed by atoms with Gasteiger partial charge in [-0.3, -0.25) is 0 Å². The van der Waals surface area contributed by atoms with E-state index < -0.39 is 0 Å². The van der Waals surface area contributed by atoms with Crippen LogP contribution in [-0.4, -0.2) is 4.98 Å². The van der Waals surface area contributed by atoms with Gasteiger partial charge in [0.1, 0.15) is 0 Å². The summed E-state index contributed by atoms with van der Waals surface area (Å²) in [5, 5.41) is 8.30. The predicted molar refractivity (Wildman–Crippen MR) is 157 cm³/mol. The van der Waals surface area contributed by atoms with E-state index in [1.165, 1.54) is 67.8 Å². The zero-order chi connectivity index (χ0) is 23.4. The first-order valence-electron chi connectivity index (χ1n) is 12.1. The molecule has 1 nitrogen and oxygen atoms in total. The van der Waals surface area contributed by atoms with Gasteiger partial charge in [-0.15, -0.1) is 22.7 Å². The maximum absolute atomic E-state index is 5.17. The fourth-order valence-electron chi connectivity index (χ4n) is 6.13. The number of rotatable bonds is 2. The van der Waals surface area contributed by atoms with E-state index in [2.05, 4.69) is 103 Å². The van der Waals surface area contributed by atoms with E-state index in [-0.39, 0.29) is 0 Å². The van der Waals surface area contributed by atoms with Crippen molar-refractivity contribution in [1.82, 2.24) is 4.98 Å². The molecule has 3 heteroatoms. The molecule has 0 bridgehead atoms. The molecule has 0 radical (unpaired) electrons. The Morgan fingerprint density at radius 3 is 1.83 bits per heavy atom. The second-order valence-electron chi connectivity index (χ2n) is 9.49. The van der Waals surface area contributed by atoms with E-state index in [1.54, 1.807) is 0 Å². The molecule has 9 rings (SSSR count). The third-order valence-electron chi connectivity index (χ3n) is 7.61. The maximum Gasteiger partial charge on any atom is 0.0716 e. The number of hydrogen-bond acceptors (Lipinski definition) is 3. The second-order valence-corrected chi connectivity index (χ2v) is 11.7. The Morgan fingerprint density at radius 2 is 1.06 bits per heavy atom. The molecule has 0 saturated heterocycles. The molecule has 3 heterocycles. The Bertz CT molecular complexity index is 2170. The van der Waals surface area contributed by atoms with E-state index in [0.29, 0.717) is 0 Å². The van der Waals surface area contributed by atoms with Crippen molar-refractivity contribution in [3.05, 3.63) is 103 Å². The van der Waals surface area contributed by atoms with Crippen molar-refractivity contribution in [3.63, 3.8) is 0 Å². The molecule has 0 atom stereocenters. The van der Waals surface area contributed by atoms with Gasteiger partial charge in [0.15, 0.2) is 0 Å². The highest BCUT2D eigenvalue weighted by molar-refractivity contribution is 7.27. The first-order chi connectivity index (χ1) is 17.8. The van der Waals surface area contributed by atoms with Crippen LogP contribution in [0.4, 0.5) is 0 Å². The van der Waals surface area contributed by atoms with Gasteiger partial charge < -0.3 is 0 Å². The molecule has 0 amide bonds. The minimum atomic E-state index is 1.01. The summed E-state index contributed by atoms with van der Waals surface area (Å²) < 4.78 is 5.42. The van der Waals surface area contributed by atoms with Crippen LogP contribution in [0.3, 0.4) is 0 Å². The quantitative estimate of drug-likeness (QED) is 0.234. The van der Waals surface area contributed by atoms with E-state index in [4.69, 9.17) is 4.98 Å². The van der Waals surface area contributed by atoms with Crippen molar-refractivity contribution in [2.24, 2.45) is 0 Å². The Hall–Kier alpha value is -4.05. The molecule has 1 aliphatic carbocycles. The van der Waals surface area contributed by atoms with E-state index in [0.717, 1.165) is 17.0 Å². The summed E-state index contributed by atoms with van der Waals surface area (Å²) in [4.78, 5) is 5.17. The lowest BCUT2D eigenvalue weighted by Crippen LogP contribution is -1.89. The van der Waals surface area contributed by atoms with Gasteiger partial charge >= 0.3 is 0 Å². The highest BCUT2D eigenvalue weighted by Gasteiger charge is 2.24. The summed E-state index contributed by atoms with van der Waals surface area (Å²) in [6.07, 6.45) is 0. The van der Waals surface area contributed by atoms with Crippen LogP contribution in [0.15, 0.2) is 103 Å². The standard InChI is InChI=1S/C33H17NS2/c1-2-7-18(8-3-1)23-11-6-12-24(34-23)22-17-28-33-30-20(10-5-14-26(30)36-28)19-9-4-13-25-29(19)32-27(35-25)16-15-21(22)31(32)33/h1-17H. The highest BCUT2D eigenvalue weighted by atomic mass is 32.1. The summed E-state index contributed by atoms with van der Waals surface area (Å²) in [7, 11) is 0. The average Bonchev–Trinajstić information content (AvgIpc) is 3.47. The van der Waals surface area contributed by atoms with Crippen LogP contribution < -0.4 is 0 Å². The van der Waals surface area contributed by atoms with Crippen LogP contribution in [0, 0.1) is 0 Å². The number of aromatic nitrogens is 1. The zero-order valence-corrected chi connectivity index (χ0v) is 20.7. The molecule has 0 spiro atoms. The van der Waals surface area contributed by atoms with Crippen LogP contribution in [0.5, 0.6) is 0 Å². The number of hydrogen-bond donors (Lipinski definition) is 0. The van der Waals surface area contributed by atoms with Crippen molar-refractivity contribution in [3.8, 4) is 33.6 Å². The molecule has 5 aromatic carbocycles. The van der Waals surface area contributed by atoms with Gasteiger partial charge in [0, 0.05) is 56.9 Å². The first-order valence-corrected chi connectivity index (χ1v) is 13.8. The Balaban J connectivity index is 1.50. The molecule has 36 heavy (non-hydrogen) atoms. The van der Waals surface area contributed by atoms with Crippen LogP contribution in [-0.2, 0) is 0 Å². The van der Waals surface area contributed by atoms with Gasteiger partial charge in [-0.1, -0.05) is 66.7 Å². The van der Waals surface area contributed by atoms with Gasteiger partial charge in [-0.25, -0.2) is 4.98 Å². The summed E-state index contributed by atoms with van der Waals surface area (Å²) in [5.41, 5.74) is 7.11. The Labute approximate surface area is 214 Å². The fraction of sp³-hybridized carbons (Fsp3) is 0. The molecule has 3 aromatic heterocycles. The largest absolute Gasteiger partial charge is 0.248 e. The summed E-state index contributed by atoms with van der Waals surface area (Å²) in [6.45, 7) is 0. The van der Waals surface area contributed by atoms with Gasteiger partial charge in [0.25, 0.3) is 0 Å². The number of benzene rings is 5. The van der Waals surface area contributed by atoms with Gasteiger partial charge in [-0.2, -0.15) is 0 Å². The van der Waals surface area contributed by atoms with Crippen molar-refractivity contribution in [2.75, 3.05) is 0 Å². The van der Waals surface area contributed by atoms with E-state index in [1.807, 2.05) is 22.7 Å². The predicted octanol–water partition coefficient (Wildman–Crippen LogP) is 10.3. The minimum Gasteiger partial charge on any atom is -0.248 e. The lowest BCUT2D eigenvalue weighted by Gasteiger charge is -2.11. The zero-order valence-electron chi connectivity index (χ0n) is 19.1. The summed E-state index contributed by atoms with van der Waals surface area (Å²) >= 11 is 3.82. The molecule has 0 saturated carbocycles. The molecule has 0 unspecified atom stereocenters. The van der Waals surface area contributed by atoms with Crippen LogP contribution in [0.25, 0.3) is 84.8 Å². The molecule has 166 valence electrons.